The molecule has 0 saturated heterocycles. The highest BCUT2D eigenvalue weighted by atomic mass is 16.5. The van der Waals surface area contributed by atoms with Crippen LogP contribution in [0.2, 0.25) is 0 Å². The van der Waals surface area contributed by atoms with Gasteiger partial charge in [0.1, 0.15) is 5.82 Å². The van der Waals surface area contributed by atoms with Gasteiger partial charge in [0.25, 0.3) is 0 Å². The van der Waals surface area contributed by atoms with E-state index in [0.29, 0.717) is 5.56 Å². The number of imidazole rings is 1. The molecule has 0 aliphatic carbocycles. The van der Waals surface area contributed by atoms with Gasteiger partial charge in [-0.25, -0.2) is 9.78 Å². The van der Waals surface area contributed by atoms with Crippen molar-refractivity contribution in [2.45, 2.75) is 13.0 Å². The maximum atomic E-state index is 11.4. The number of nitrogens with zero attached hydrogens (tertiary/aromatic N) is 2. The van der Waals surface area contributed by atoms with Gasteiger partial charge in [-0.2, -0.15) is 0 Å². The largest absolute Gasteiger partial charge is 0.467 e. The first kappa shape index (κ1) is 11.6. The van der Waals surface area contributed by atoms with Crippen LogP contribution in [0.3, 0.4) is 0 Å². The molecular weight excluding hydrogens is 220 g/mol. The van der Waals surface area contributed by atoms with Crippen molar-refractivity contribution in [3.8, 4) is 0 Å². The number of aromatic nitrogens is 2. The molecular formula is C12H14N2O3. The van der Waals surface area contributed by atoms with Crippen LogP contribution in [0.4, 0.5) is 0 Å². The van der Waals surface area contributed by atoms with Gasteiger partial charge < -0.3 is 14.4 Å². The van der Waals surface area contributed by atoms with Crippen LogP contribution in [0.15, 0.2) is 18.2 Å². The lowest BCUT2D eigenvalue weighted by molar-refractivity contribution is -0.150. The zero-order valence-electron chi connectivity index (χ0n) is 9.97. The van der Waals surface area contributed by atoms with Crippen LogP contribution in [0, 0.1) is 6.92 Å². The maximum Gasteiger partial charge on any atom is 0.339 e. The molecule has 0 aliphatic rings. The van der Waals surface area contributed by atoms with Gasteiger partial charge in [0, 0.05) is 12.6 Å². The van der Waals surface area contributed by atoms with E-state index in [1.165, 1.54) is 7.11 Å². The quantitative estimate of drug-likeness (QED) is 0.790. The molecule has 1 atom stereocenters. The second-order valence-corrected chi connectivity index (χ2v) is 3.86. The summed E-state index contributed by atoms with van der Waals surface area (Å²) in [6.45, 7) is 1.87. The van der Waals surface area contributed by atoms with Gasteiger partial charge in [-0.3, -0.25) is 0 Å². The van der Waals surface area contributed by atoms with Gasteiger partial charge in [0.2, 0.25) is 0 Å². The molecule has 0 spiro atoms. The van der Waals surface area contributed by atoms with E-state index in [-0.39, 0.29) is 0 Å². The summed E-state index contributed by atoms with van der Waals surface area (Å²) in [6.07, 6.45) is -1.28. The summed E-state index contributed by atoms with van der Waals surface area (Å²) in [7, 11) is 3.10. The lowest BCUT2D eigenvalue weighted by Gasteiger charge is -2.10. The van der Waals surface area contributed by atoms with Crippen molar-refractivity contribution in [2.75, 3.05) is 7.11 Å². The zero-order chi connectivity index (χ0) is 12.6. The van der Waals surface area contributed by atoms with Gasteiger partial charge in [0.05, 0.1) is 18.1 Å². The van der Waals surface area contributed by atoms with Gasteiger partial charge in [-0.05, 0) is 13.0 Å². The SMILES string of the molecule is COC(=O)C(O)c1cccc2nc(C)n(C)c12. The Morgan fingerprint density at radius 1 is 1.53 bits per heavy atom. The Bertz CT molecular complexity index is 574. The third-order valence-corrected chi connectivity index (χ3v) is 2.87. The number of benzene rings is 1. The first-order valence-electron chi connectivity index (χ1n) is 5.24. The minimum Gasteiger partial charge on any atom is -0.467 e. The highest BCUT2D eigenvalue weighted by Crippen LogP contribution is 2.25. The molecule has 1 heterocycles. The molecule has 0 amide bonds. The van der Waals surface area contributed by atoms with Gasteiger partial charge >= 0.3 is 5.97 Å². The van der Waals surface area contributed by atoms with E-state index in [1.807, 2.05) is 24.6 Å². The summed E-state index contributed by atoms with van der Waals surface area (Å²) in [4.78, 5) is 15.7. The van der Waals surface area contributed by atoms with E-state index < -0.39 is 12.1 Å². The van der Waals surface area contributed by atoms with Gasteiger partial charge in [-0.1, -0.05) is 12.1 Å². The van der Waals surface area contributed by atoms with Crippen molar-refractivity contribution >= 4 is 17.0 Å². The highest BCUT2D eigenvalue weighted by Gasteiger charge is 2.22. The summed E-state index contributed by atoms with van der Waals surface area (Å²) in [6, 6.07) is 5.30. The van der Waals surface area contributed by atoms with Crippen molar-refractivity contribution in [1.29, 1.82) is 0 Å². The molecule has 0 saturated carbocycles. The number of aliphatic hydroxyl groups excluding tert-OH is 1. The van der Waals surface area contributed by atoms with Gasteiger partial charge in [-0.15, -0.1) is 0 Å². The summed E-state index contributed by atoms with van der Waals surface area (Å²) < 4.78 is 6.39. The average molecular weight is 234 g/mol. The van der Waals surface area contributed by atoms with E-state index in [1.54, 1.807) is 12.1 Å². The Morgan fingerprint density at radius 2 is 2.24 bits per heavy atom. The number of aryl methyl sites for hydroxylation is 2. The number of methoxy groups -OCH3 is 1. The number of ether oxygens (including phenoxy) is 1. The number of hydrogen-bond donors (Lipinski definition) is 1. The van der Waals surface area contributed by atoms with Crippen molar-refractivity contribution in [1.82, 2.24) is 9.55 Å². The Labute approximate surface area is 98.6 Å². The molecule has 1 aromatic carbocycles. The summed E-state index contributed by atoms with van der Waals surface area (Å²) in [5, 5.41) is 9.91. The number of esters is 1. The van der Waals surface area contributed by atoms with Crippen molar-refractivity contribution in [2.24, 2.45) is 7.05 Å². The lowest BCUT2D eigenvalue weighted by Crippen LogP contribution is -2.14. The second kappa shape index (κ2) is 4.18. The summed E-state index contributed by atoms with van der Waals surface area (Å²) in [5.41, 5.74) is 2.02. The van der Waals surface area contributed by atoms with Crippen LogP contribution in [0.1, 0.15) is 17.5 Å². The minimum atomic E-state index is -1.28. The number of fused-ring (bicyclic) bond motifs is 1. The van der Waals surface area contributed by atoms with E-state index in [9.17, 15) is 9.90 Å². The molecule has 2 rings (SSSR count). The molecule has 2 aromatic rings. The van der Waals surface area contributed by atoms with Crippen LogP contribution in [0.25, 0.3) is 11.0 Å². The number of aliphatic hydroxyl groups is 1. The van der Waals surface area contributed by atoms with Crippen LogP contribution >= 0.6 is 0 Å². The smallest absolute Gasteiger partial charge is 0.339 e. The number of rotatable bonds is 2. The van der Waals surface area contributed by atoms with Crippen LogP contribution in [-0.4, -0.2) is 27.7 Å². The predicted molar refractivity (Wildman–Crippen MR) is 62.4 cm³/mol. The number of carbonyl (C=O) groups is 1. The predicted octanol–water partition coefficient (Wildman–Crippen LogP) is 1.09. The molecule has 1 unspecified atom stereocenters. The summed E-state index contributed by atoms with van der Waals surface area (Å²) in [5.74, 6) is 0.154. The third kappa shape index (κ3) is 1.78. The Kier molecular flexibility index (Phi) is 2.85. The number of hydrogen-bond acceptors (Lipinski definition) is 4. The monoisotopic (exact) mass is 234 g/mol. The van der Waals surface area contributed by atoms with E-state index in [4.69, 9.17) is 0 Å². The van der Waals surface area contributed by atoms with Crippen LogP contribution in [-0.2, 0) is 16.6 Å². The Hall–Kier alpha value is -1.88. The first-order chi connectivity index (χ1) is 8.06. The molecule has 0 fully saturated rings. The van der Waals surface area contributed by atoms with Crippen molar-refractivity contribution in [3.05, 3.63) is 29.6 Å². The van der Waals surface area contributed by atoms with E-state index in [2.05, 4.69) is 9.72 Å². The van der Waals surface area contributed by atoms with E-state index in [0.717, 1.165) is 16.9 Å². The normalized spacial score (nSPS) is 12.7. The molecule has 5 nitrogen and oxygen atoms in total. The molecule has 0 radical (unpaired) electrons. The molecule has 0 bridgehead atoms. The average Bonchev–Trinajstić information content (AvgIpc) is 2.63. The minimum absolute atomic E-state index is 0.512. The number of para-hydroxylation sites is 1. The lowest BCUT2D eigenvalue weighted by atomic mass is 10.1. The summed E-state index contributed by atoms with van der Waals surface area (Å²) >= 11 is 0. The molecule has 17 heavy (non-hydrogen) atoms. The molecule has 1 N–H and O–H groups in total. The van der Waals surface area contributed by atoms with Gasteiger partial charge in [0.15, 0.2) is 6.10 Å². The molecule has 0 aliphatic heterocycles. The molecule has 90 valence electrons. The Morgan fingerprint density at radius 3 is 2.88 bits per heavy atom. The van der Waals surface area contributed by atoms with Crippen molar-refractivity contribution < 1.29 is 14.6 Å². The standard InChI is InChI=1S/C12H14N2O3/c1-7-13-9-6-4-5-8(10(9)14(7)2)11(15)12(16)17-3/h4-6,11,15H,1-3H3. The van der Waals surface area contributed by atoms with E-state index >= 15 is 0 Å². The first-order valence-corrected chi connectivity index (χ1v) is 5.24. The zero-order valence-corrected chi connectivity index (χ0v) is 9.97. The number of carbonyl (C=O) groups excluding carboxylic acids is 1. The molecule has 1 aromatic heterocycles. The topological polar surface area (TPSA) is 64.3 Å². The third-order valence-electron chi connectivity index (χ3n) is 2.87. The van der Waals surface area contributed by atoms with Crippen LogP contribution in [0.5, 0.6) is 0 Å². The van der Waals surface area contributed by atoms with Crippen LogP contribution < -0.4 is 0 Å². The Balaban J connectivity index is 2.65. The fourth-order valence-electron chi connectivity index (χ4n) is 1.87. The second-order valence-electron chi connectivity index (χ2n) is 3.86. The highest BCUT2D eigenvalue weighted by molar-refractivity contribution is 5.86. The fourth-order valence-corrected chi connectivity index (χ4v) is 1.87. The maximum absolute atomic E-state index is 11.4. The fraction of sp³-hybridized carbons (Fsp3) is 0.333. The molecule has 5 heteroatoms. The van der Waals surface area contributed by atoms with Crippen molar-refractivity contribution in [3.63, 3.8) is 0 Å².